The predicted molar refractivity (Wildman–Crippen MR) is 166 cm³/mol. The van der Waals surface area contributed by atoms with Gasteiger partial charge in [-0.3, -0.25) is 9.88 Å². The average molecular weight is 590 g/mol. The first-order chi connectivity index (χ1) is 20.8. The van der Waals surface area contributed by atoms with E-state index in [0.717, 1.165) is 38.8 Å². The van der Waals surface area contributed by atoms with Crippen LogP contribution in [0.1, 0.15) is 59.3 Å². The minimum atomic E-state index is -0.636. The van der Waals surface area contributed by atoms with Gasteiger partial charge in [-0.25, -0.2) is 8.78 Å². The molecule has 0 radical (unpaired) electrons. The first-order valence-corrected chi connectivity index (χ1v) is 15.7. The smallest absolute Gasteiger partial charge is 0.319 e. The molecule has 0 bridgehead atoms. The summed E-state index contributed by atoms with van der Waals surface area (Å²) in [6.45, 7) is 10.2. The fourth-order valence-electron chi connectivity index (χ4n) is 7.11. The molecule has 0 spiro atoms. The zero-order valence-corrected chi connectivity index (χ0v) is 25.3. The monoisotopic (exact) mass is 589 g/mol. The second-order valence-corrected chi connectivity index (χ2v) is 12.3. The van der Waals surface area contributed by atoms with Gasteiger partial charge in [0.1, 0.15) is 29.5 Å². The van der Waals surface area contributed by atoms with Crippen molar-refractivity contribution in [1.82, 2.24) is 19.9 Å². The van der Waals surface area contributed by atoms with Crippen molar-refractivity contribution in [2.45, 2.75) is 70.9 Å². The summed E-state index contributed by atoms with van der Waals surface area (Å²) in [5.74, 6) is -0.308. The van der Waals surface area contributed by atoms with Gasteiger partial charge in [0.25, 0.3) is 0 Å². The maximum absolute atomic E-state index is 16.6. The number of likely N-dealkylation sites (tertiary alicyclic amines) is 1. The van der Waals surface area contributed by atoms with Crippen LogP contribution in [0.3, 0.4) is 0 Å². The Labute approximate surface area is 251 Å². The lowest BCUT2D eigenvalue weighted by Gasteiger charge is -2.37. The number of pyridine rings is 1. The Morgan fingerprint density at radius 1 is 1.09 bits per heavy atom. The van der Waals surface area contributed by atoms with Crippen molar-refractivity contribution in [3.8, 4) is 17.3 Å². The second-order valence-electron chi connectivity index (χ2n) is 12.3. The normalized spacial score (nSPS) is 23.3. The fraction of sp³-hybridized carbons (Fsp3) is 0.500. The number of aromatic nitrogens is 3. The summed E-state index contributed by atoms with van der Waals surface area (Å²) in [4.78, 5) is 18.6. The van der Waals surface area contributed by atoms with Gasteiger partial charge >= 0.3 is 6.01 Å². The minimum absolute atomic E-state index is 0.0356. The summed E-state index contributed by atoms with van der Waals surface area (Å²) in [5, 5.41) is 11.9. The molecule has 2 saturated heterocycles. The standard InChI is InChI=1S/C34H41F2N5O2/c1-4-15-41-16-8-14-34(41,5-2)21-43-33-38-31-26(32(39-33)40-17-13-24(42)18-22(3)20-40)19-37-30(29(31)36)25-11-6-9-23-10-7-12-27(35)28(23)25/h6-7,9-12,19,22,24,42H,4-5,8,13-18,20-21H2,1-3H3. The van der Waals surface area contributed by atoms with E-state index in [1.165, 1.54) is 6.07 Å². The number of hydrogen-bond acceptors (Lipinski definition) is 7. The van der Waals surface area contributed by atoms with E-state index < -0.39 is 17.7 Å². The van der Waals surface area contributed by atoms with Gasteiger partial charge in [-0.1, -0.05) is 51.1 Å². The number of aliphatic hydroxyl groups excluding tert-OH is 1. The largest absolute Gasteiger partial charge is 0.461 e. The molecule has 6 rings (SSSR count). The highest BCUT2D eigenvalue weighted by Crippen LogP contribution is 2.37. The SMILES string of the molecule is CCCN1CCCC1(CC)COc1nc(N2CCC(O)CC(C)C2)c2cnc(-c3cccc4cccc(F)c34)c(F)c2n1. The molecule has 4 aromatic rings. The first-order valence-electron chi connectivity index (χ1n) is 15.7. The van der Waals surface area contributed by atoms with E-state index >= 15 is 8.78 Å². The third kappa shape index (κ3) is 5.65. The van der Waals surface area contributed by atoms with Gasteiger partial charge in [-0.05, 0) is 69.0 Å². The number of benzene rings is 2. The van der Waals surface area contributed by atoms with Gasteiger partial charge in [0, 0.05) is 30.2 Å². The van der Waals surface area contributed by atoms with E-state index in [2.05, 4.69) is 40.5 Å². The Bertz CT molecular complexity index is 1610. The van der Waals surface area contributed by atoms with Crippen molar-refractivity contribution in [2.75, 3.05) is 37.7 Å². The van der Waals surface area contributed by atoms with Crippen LogP contribution < -0.4 is 9.64 Å². The highest BCUT2D eigenvalue weighted by Gasteiger charge is 2.40. The van der Waals surface area contributed by atoms with Crippen LogP contribution in [-0.2, 0) is 0 Å². The average Bonchev–Trinajstić information content (AvgIpc) is 3.32. The Hall–Kier alpha value is -3.43. The molecule has 3 unspecified atom stereocenters. The highest BCUT2D eigenvalue weighted by atomic mass is 19.1. The molecule has 0 aliphatic carbocycles. The number of nitrogens with zero attached hydrogens (tertiary/aromatic N) is 5. The molecule has 2 aliphatic heterocycles. The molecule has 4 heterocycles. The lowest BCUT2D eigenvalue weighted by atomic mass is 9.94. The predicted octanol–water partition coefficient (Wildman–Crippen LogP) is 6.75. The van der Waals surface area contributed by atoms with E-state index in [1.807, 2.05) is 0 Å². The number of ether oxygens (including phenoxy) is 1. The van der Waals surface area contributed by atoms with Gasteiger partial charge in [0.2, 0.25) is 0 Å². The molecule has 2 aromatic heterocycles. The molecule has 2 aromatic carbocycles. The van der Waals surface area contributed by atoms with Gasteiger partial charge in [-0.15, -0.1) is 0 Å². The fourth-order valence-corrected chi connectivity index (χ4v) is 7.11. The van der Waals surface area contributed by atoms with Crippen molar-refractivity contribution < 1.29 is 18.6 Å². The molecule has 3 atom stereocenters. The molecule has 0 amide bonds. The Morgan fingerprint density at radius 3 is 2.70 bits per heavy atom. The third-order valence-corrected chi connectivity index (χ3v) is 9.35. The number of fused-ring (bicyclic) bond motifs is 2. The summed E-state index contributed by atoms with van der Waals surface area (Å²) in [6, 6.07) is 10.2. The third-order valence-electron chi connectivity index (χ3n) is 9.35. The molecule has 0 saturated carbocycles. The summed E-state index contributed by atoms with van der Waals surface area (Å²) >= 11 is 0. The number of halogens is 2. The lowest BCUT2D eigenvalue weighted by molar-refractivity contribution is 0.0676. The van der Waals surface area contributed by atoms with E-state index in [9.17, 15) is 5.11 Å². The lowest BCUT2D eigenvalue weighted by Crippen LogP contribution is -2.48. The first kappa shape index (κ1) is 29.6. The van der Waals surface area contributed by atoms with E-state index in [-0.39, 0.29) is 28.7 Å². The van der Waals surface area contributed by atoms with Crippen LogP contribution in [0.2, 0.25) is 0 Å². The van der Waals surface area contributed by atoms with Crippen LogP contribution in [0.4, 0.5) is 14.6 Å². The molecule has 2 fully saturated rings. The van der Waals surface area contributed by atoms with Crippen molar-refractivity contribution >= 4 is 27.5 Å². The van der Waals surface area contributed by atoms with E-state index in [0.29, 0.717) is 60.1 Å². The van der Waals surface area contributed by atoms with Crippen LogP contribution in [0.5, 0.6) is 6.01 Å². The molecule has 7 nitrogen and oxygen atoms in total. The molecule has 228 valence electrons. The Balaban J connectivity index is 1.47. The zero-order valence-electron chi connectivity index (χ0n) is 25.3. The van der Waals surface area contributed by atoms with Crippen LogP contribution in [0.15, 0.2) is 42.6 Å². The number of rotatable bonds is 8. The Kier molecular flexibility index (Phi) is 8.47. The molecule has 9 heteroatoms. The van der Waals surface area contributed by atoms with Gasteiger partial charge in [0.15, 0.2) is 5.82 Å². The topological polar surface area (TPSA) is 74.6 Å². The summed E-state index contributed by atoms with van der Waals surface area (Å²) in [6.07, 6.45) is 6.60. The number of hydrogen-bond donors (Lipinski definition) is 1. The summed E-state index contributed by atoms with van der Waals surface area (Å²) in [7, 11) is 0. The van der Waals surface area contributed by atoms with Gasteiger partial charge < -0.3 is 14.7 Å². The van der Waals surface area contributed by atoms with Crippen molar-refractivity contribution in [3.05, 3.63) is 54.2 Å². The molecule has 1 N–H and O–H groups in total. The molecular weight excluding hydrogens is 548 g/mol. The van der Waals surface area contributed by atoms with Crippen LogP contribution >= 0.6 is 0 Å². The maximum atomic E-state index is 16.6. The Morgan fingerprint density at radius 2 is 1.91 bits per heavy atom. The van der Waals surface area contributed by atoms with Gasteiger partial charge in [0.05, 0.1) is 17.0 Å². The molecular formula is C34H41F2N5O2. The van der Waals surface area contributed by atoms with E-state index in [4.69, 9.17) is 9.72 Å². The molecule has 2 aliphatic rings. The quantitative estimate of drug-likeness (QED) is 0.244. The minimum Gasteiger partial charge on any atom is -0.461 e. The maximum Gasteiger partial charge on any atom is 0.319 e. The van der Waals surface area contributed by atoms with Crippen molar-refractivity contribution in [3.63, 3.8) is 0 Å². The van der Waals surface area contributed by atoms with Crippen LogP contribution in [-0.4, -0.2) is 69.4 Å². The molecule has 43 heavy (non-hydrogen) atoms. The number of anilines is 1. The second kappa shape index (κ2) is 12.3. The zero-order chi connectivity index (χ0) is 30.1. The van der Waals surface area contributed by atoms with Crippen LogP contribution in [0, 0.1) is 17.6 Å². The van der Waals surface area contributed by atoms with Crippen molar-refractivity contribution in [1.29, 1.82) is 0 Å². The van der Waals surface area contributed by atoms with Crippen LogP contribution in [0.25, 0.3) is 32.9 Å². The highest BCUT2D eigenvalue weighted by molar-refractivity contribution is 5.99. The number of aliphatic hydroxyl groups is 1. The summed E-state index contributed by atoms with van der Waals surface area (Å²) < 4.78 is 38.0. The van der Waals surface area contributed by atoms with E-state index in [1.54, 1.807) is 36.5 Å². The van der Waals surface area contributed by atoms with Gasteiger partial charge in [-0.2, -0.15) is 9.97 Å². The summed E-state index contributed by atoms with van der Waals surface area (Å²) in [5.41, 5.74) is 0.389. The van der Waals surface area contributed by atoms with Crippen molar-refractivity contribution in [2.24, 2.45) is 5.92 Å².